The van der Waals surface area contributed by atoms with Gasteiger partial charge in [-0.25, -0.2) is 18.1 Å². The van der Waals surface area contributed by atoms with Gasteiger partial charge in [-0.05, 0) is 49.4 Å². The van der Waals surface area contributed by atoms with Gasteiger partial charge in [0.05, 0.1) is 12.3 Å². The van der Waals surface area contributed by atoms with Crippen molar-refractivity contribution >= 4 is 16.0 Å². The van der Waals surface area contributed by atoms with Gasteiger partial charge in [-0.15, -0.1) is 0 Å². The largest absolute Gasteiger partial charge is 0.357 e. The van der Waals surface area contributed by atoms with Crippen molar-refractivity contribution < 1.29 is 8.42 Å². The summed E-state index contributed by atoms with van der Waals surface area (Å²) in [6.45, 7) is 5.43. The van der Waals surface area contributed by atoms with E-state index in [4.69, 9.17) is 4.99 Å². The molecule has 0 amide bonds. The maximum atomic E-state index is 11.8. The van der Waals surface area contributed by atoms with E-state index in [2.05, 4.69) is 52.2 Å². The van der Waals surface area contributed by atoms with Crippen LogP contribution in [0.3, 0.4) is 0 Å². The summed E-state index contributed by atoms with van der Waals surface area (Å²) >= 11 is 0. The fraction of sp³-hybridized carbons (Fsp3) is 0.435. The van der Waals surface area contributed by atoms with E-state index in [1.807, 2.05) is 24.3 Å². The van der Waals surface area contributed by atoms with Gasteiger partial charge in [-0.3, -0.25) is 0 Å². The van der Waals surface area contributed by atoms with E-state index >= 15 is 0 Å². The Morgan fingerprint density at radius 2 is 1.83 bits per heavy atom. The molecule has 0 spiro atoms. The first-order valence-electron chi connectivity index (χ1n) is 10.6. The monoisotopic (exact) mass is 428 g/mol. The molecule has 162 valence electrons. The third-order valence-corrected chi connectivity index (χ3v) is 6.69. The zero-order valence-corrected chi connectivity index (χ0v) is 18.7. The maximum Gasteiger partial charge on any atom is 0.215 e. The standard InChI is InChI=1S/C23H32N4O2S/c1-3-25-23(27-13-12-21(17-27)14-19-8-5-4-6-9-19)26-16-20-10-7-11-22(15-20)18-30(28,29)24-2/h4-11,15,21,24H,3,12-14,16-18H2,1-2H3,(H,25,26). The van der Waals surface area contributed by atoms with Gasteiger partial charge >= 0.3 is 0 Å². The van der Waals surface area contributed by atoms with Gasteiger partial charge in [0.25, 0.3) is 0 Å². The number of nitrogens with zero attached hydrogens (tertiary/aromatic N) is 2. The van der Waals surface area contributed by atoms with Crippen molar-refractivity contribution in [3.8, 4) is 0 Å². The maximum absolute atomic E-state index is 11.8. The lowest BCUT2D eigenvalue weighted by Gasteiger charge is -2.22. The Hall–Kier alpha value is -2.38. The number of benzene rings is 2. The molecular formula is C23H32N4O2S. The number of aliphatic imine (C=N–C) groups is 1. The zero-order valence-electron chi connectivity index (χ0n) is 17.8. The van der Waals surface area contributed by atoms with Gasteiger partial charge in [-0.2, -0.15) is 0 Å². The second kappa shape index (κ2) is 10.6. The number of sulfonamides is 1. The molecule has 1 fully saturated rings. The van der Waals surface area contributed by atoms with E-state index in [1.54, 1.807) is 0 Å². The molecule has 1 saturated heterocycles. The Morgan fingerprint density at radius 3 is 2.57 bits per heavy atom. The van der Waals surface area contributed by atoms with Crippen molar-refractivity contribution in [1.29, 1.82) is 0 Å². The van der Waals surface area contributed by atoms with Gasteiger partial charge in [0.15, 0.2) is 5.96 Å². The van der Waals surface area contributed by atoms with E-state index < -0.39 is 10.0 Å². The highest BCUT2D eigenvalue weighted by molar-refractivity contribution is 7.88. The Balaban J connectivity index is 1.64. The summed E-state index contributed by atoms with van der Waals surface area (Å²) in [5, 5.41) is 3.41. The Labute approximate surface area is 180 Å². The van der Waals surface area contributed by atoms with Crippen LogP contribution in [0.25, 0.3) is 0 Å². The molecule has 1 aliphatic heterocycles. The van der Waals surface area contributed by atoms with Gasteiger partial charge in [0, 0.05) is 19.6 Å². The molecule has 0 aliphatic carbocycles. The summed E-state index contributed by atoms with van der Waals surface area (Å²) in [6.07, 6.45) is 2.26. The molecule has 7 heteroatoms. The highest BCUT2D eigenvalue weighted by atomic mass is 32.2. The fourth-order valence-electron chi connectivity index (χ4n) is 3.84. The predicted octanol–water partition coefficient (Wildman–Crippen LogP) is 2.77. The van der Waals surface area contributed by atoms with Crippen molar-refractivity contribution in [2.45, 2.75) is 32.1 Å². The van der Waals surface area contributed by atoms with E-state index in [1.165, 1.54) is 12.6 Å². The minimum Gasteiger partial charge on any atom is -0.357 e. The summed E-state index contributed by atoms with van der Waals surface area (Å²) in [6, 6.07) is 18.3. The van der Waals surface area contributed by atoms with Crippen LogP contribution in [0.2, 0.25) is 0 Å². The summed E-state index contributed by atoms with van der Waals surface area (Å²) in [7, 11) is -1.84. The summed E-state index contributed by atoms with van der Waals surface area (Å²) in [4.78, 5) is 7.17. The SMILES string of the molecule is CCNC(=NCc1cccc(CS(=O)(=O)NC)c1)N1CCC(Cc2ccccc2)C1. The zero-order chi connectivity index (χ0) is 21.4. The fourth-order valence-corrected chi connectivity index (χ4v) is 4.60. The average Bonchev–Trinajstić information content (AvgIpc) is 3.20. The average molecular weight is 429 g/mol. The minimum absolute atomic E-state index is 0.0194. The van der Waals surface area contributed by atoms with Crippen LogP contribution in [0.15, 0.2) is 59.6 Å². The second-order valence-electron chi connectivity index (χ2n) is 7.74. The third-order valence-electron chi connectivity index (χ3n) is 5.36. The normalized spacial score (nSPS) is 17.3. The second-order valence-corrected chi connectivity index (χ2v) is 9.67. The molecule has 3 rings (SSSR count). The molecule has 0 aromatic heterocycles. The number of guanidine groups is 1. The van der Waals surface area contributed by atoms with Crippen LogP contribution >= 0.6 is 0 Å². The summed E-state index contributed by atoms with van der Waals surface area (Å²) < 4.78 is 26.0. The van der Waals surface area contributed by atoms with Crippen molar-refractivity contribution in [2.24, 2.45) is 10.9 Å². The number of rotatable bonds is 8. The van der Waals surface area contributed by atoms with Gasteiger partial charge < -0.3 is 10.2 Å². The molecule has 0 bridgehead atoms. The smallest absolute Gasteiger partial charge is 0.215 e. The molecule has 2 aromatic rings. The van der Waals surface area contributed by atoms with Crippen molar-refractivity contribution in [2.75, 3.05) is 26.7 Å². The van der Waals surface area contributed by atoms with Crippen LogP contribution in [-0.2, 0) is 28.7 Å². The van der Waals surface area contributed by atoms with Crippen LogP contribution in [0, 0.1) is 5.92 Å². The highest BCUT2D eigenvalue weighted by Crippen LogP contribution is 2.21. The molecule has 1 heterocycles. The lowest BCUT2D eigenvalue weighted by Crippen LogP contribution is -2.40. The topological polar surface area (TPSA) is 73.8 Å². The van der Waals surface area contributed by atoms with Gasteiger partial charge in [-0.1, -0.05) is 54.6 Å². The van der Waals surface area contributed by atoms with E-state index in [9.17, 15) is 8.42 Å². The predicted molar refractivity (Wildman–Crippen MR) is 123 cm³/mol. The molecule has 1 aliphatic rings. The molecule has 0 radical (unpaired) electrons. The van der Waals surface area contributed by atoms with Crippen LogP contribution < -0.4 is 10.0 Å². The van der Waals surface area contributed by atoms with E-state index in [-0.39, 0.29) is 5.75 Å². The number of hydrogen-bond acceptors (Lipinski definition) is 3. The Kier molecular flexibility index (Phi) is 7.87. The third kappa shape index (κ3) is 6.57. The molecule has 6 nitrogen and oxygen atoms in total. The first-order valence-corrected chi connectivity index (χ1v) is 12.2. The molecule has 0 saturated carbocycles. The van der Waals surface area contributed by atoms with Crippen molar-refractivity contribution in [3.63, 3.8) is 0 Å². The number of nitrogens with one attached hydrogen (secondary N) is 2. The van der Waals surface area contributed by atoms with Gasteiger partial charge in [0.2, 0.25) is 10.0 Å². The molecule has 30 heavy (non-hydrogen) atoms. The molecule has 2 N–H and O–H groups in total. The van der Waals surface area contributed by atoms with E-state index in [0.717, 1.165) is 49.6 Å². The first kappa shape index (κ1) is 22.3. The molecule has 1 unspecified atom stereocenters. The molecular weight excluding hydrogens is 396 g/mol. The van der Waals surface area contributed by atoms with Crippen LogP contribution in [-0.4, -0.2) is 46.0 Å². The lowest BCUT2D eigenvalue weighted by molar-refractivity contribution is 0.460. The van der Waals surface area contributed by atoms with Crippen molar-refractivity contribution in [3.05, 3.63) is 71.3 Å². The highest BCUT2D eigenvalue weighted by Gasteiger charge is 2.25. The van der Waals surface area contributed by atoms with E-state index in [0.29, 0.717) is 12.5 Å². The quantitative estimate of drug-likeness (QED) is 0.501. The number of likely N-dealkylation sites (tertiary alicyclic amines) is 1. The van der Waals surface area contributed by atoms with Crippen molar-refractivity contribution in [1.82, 2.24) is 14.9 Å². The van der Waals surface area contributed by atoms with Crippen LogP contribution in [0.1, 0.15) is 30.0 Å². The Morgan fingerprint density at radius 1 is 1.10 bits per heavy atom. The minimum atomic E-state index is -3.28. The lowest BCUT2D eigenvalue weighted by atomic mass is 9.99. The Bertz CT molecular complexity index is 945. The summed E-state index contributed by atoms with van der Waals surface area (Å²) in [5.74, 6) is 1.54. The van der Waals surface area contributed by atoms with Gasteiger partial charge in [0.1, 0.15) is 0 Å². The summed E-state index contributed by atoms with van der Waals surface area (Å²) in [5.41, 5.74) is 3.17. The van der Waals surface area contributed by atoms with Crippen LogP contribution in [0.5, 0.6) is 0 Å². The molecule has 2 aromatic carbocycles. The number of hydrogen-bond donors (Lipinski definition) is 2. The van der Waals surface area contributed by atoms with Crippen LogP contribution in [0.4, 0.5) is 0 Å². The molecule has 1 atom stereocenters. The first-order chi connectivity index (χ1) is 14.5.